The normalized spacial score (nSPS) is 28.0. The number of fused-ring (bicyclic) bond motifs is 2. The van der Waals surface area contributed by atoms with Crippen molar-refractivity contribution in [3.05, 3.63) is 35.9 Å². The van der Waals surface area contributed by atoms with E-state index in [0.717, 1.165) is 31.2 Å². The monoisotopic (exact) mass is 341 g/mol. The minimum atomic E-state index is -0.770. The highest BCUT2D eigenvalue weighted by Gasteiger charge is 2.47. The van der Waals surface area contributed by atoms with Crippen molar-refractivity contribution in [2.24, 2.45) is 0 Å². The fourth-order valence-electron chi connectivity index (χ4n) is 4.12. The zero-order chi connectivity index (χ0) is 17.7. The summed E-state index contributed by atoms with van der Waals surface area (Å²) in [4.78, 5) is 14.5. The van der Waals surface area contributed by atoms with Crippen LogP contribution >= 0.6 is 0 Å². The van der Waals surface area contributed by atoms with E-state index < -0.39 is 5.60 Å². The highest BCUT2D eigenvalue weighted by molar-refractivity contribution is 5.69. The number of ether oxygens (including phenoxy) is 1. The molecule has 2 aliphatic rings. The zero-order valence-electron chi connectivity index (χ0n) is 14.9. The molecule has 2 heterocycles. The summed E-state index contributed by atoms with van der Waals surface area (Å²) in [6, 6.07) is 9.86. The van der Waals surface area contributed by atoms with Crippen LogP contribution in [0.5, 0.6) is 0 Å². The van der Waals surface area contributed by atoms with Crippen molar-refractivity contribution in [3.63, 3.8) is 0 Å². The molecule has 1 N–H and O–H groups in total. The minimum Gasteiger partial charge on any atom is -0.445 e. The molecular formula is C21H27NO3. The van der Waals surface area contributed by atoms with Crippen LogP contribution in [0.2, 0.25) is 0 Å². The Morgan fingerprint density at radius 2 is 1.92 bits per heavy atom. The van der Waals surface area contributed by atoms with Gasteiger partial charge in [-0.15, -0.1) is 11.8 Å². The van der Waals surface area contributed by atoms with Gasteiger partial charge in [0.2, 0.25) is 0 Å². The Kier molecular flexibility index (Phi) is 5.65. The van der Waals surface area contributed by atoms with E-state index in [2.05, 4.69) is 11.8 Å². The van der Waals surface area contributed by atoms with Gasteiger partial charge < -0.3 is 14.7 Å². The molecule has 2 bridgehead atoms. The molecule has 0 aliphatic carbocycles. The molecule has 1 aromatic carbocycles. The first kappa shape index (κ1) is 17.8. The summed E-state index contributed by atoms with van der Waals surface area (Å²) in [5.74, 6) is 6.13. The smallest absolute Gasteiger partial charge is 0.410 e. The van der Waals surface area contributed by atoms with Gasteiger partial charge in [-0.3, -0.25) is 0 Å². The quantitative estimate of drug-likeness (QED) is 0.849. The minimum absolute atomic E-state index is 0.0594. The molecule has 1 amide bonds. The Bertz CT molecular complexity index is 632. The maximum absolute atomic E-state index is 12.7. The number of carbonyl (C=O) groups excluding carboxylic acids is 1. The summed E-state index contributed by atoms with van der Waals surface area (Å²) in [6.07, 6.45) is 5.22. The molecular weight excluding hydrogens is 314 g/mol. The van der Waals surface area contributed by atoms with Crippen LogP contribution in [0.25, 0.3) is 0 Å². The number of rotatable bonds is 3. The lowest BCUT2D eigenvalue weighted by atomic mass is 9.74. The average Bonchev–Trinajstić information content (AvgIpc) is 2.60. The third-order valence-electron chi connectivity index (χ3n) is 5.23. The highest BCUT2D eigenvalue weighted by Crippen LogP contribution is 2.41. The second-order valence-corrected chi connectivity index (χ2v) is 7.20. The molecule has 25 heavy (non-hydrogen) atoms. The molecule has 1 aromatic rings. The number of piperidine rings is 2. The lowest BCUT2D eigenvalue weighted by molar-refractivity contribution is -0.0822. The van der Waals surface area contributed by atoms with E-state index in [1.807, 2.05) is 42.2 Å². The first-order valence-electron chi connectivity index (χ1n) is 9.28. The van der Waals surface area contributed by atoms with Crippen LogP contribution in [0, 0.1) is 11.8 Å². The van der Waals surface area contributed by atoms with Gasteiger partial charge in [-0.25, -0.2) is 4.79 Å². The molecule has 0 spiro atoms. The van der Waals surface area contributed by atoms with Crippen molar-refractivity contribution < 1.29 is 14.6 Å². The van der Waals surface area contributed by atoms with Crippen molar-refractivity contribution in [1.82, 2.24) is 4.90 Å². The molecule has 2 unspecified atom stereocenters. The van der Waals surface area contributed by atoms with E-state index in [9.17, 15) is 9.90 Å². The van der Waals surface area contributed by atoms with E-state index in [1.165, 1.54) is 0 Å². The number of carbonyl (C=O) groups is 1. The molecule has 2 aliphatic heterocycles. The maximum atomic E-state index is 12.7. The van der Waals surface area contributed by atoms with E-state index in [1.54, 1.807) is 0 Å². The molecule has 2 fully saturated rings. The lowest BCUT2D eigenvalue weighted by Crippen LogP contribution is -2.59. The van der Waals surface area contributed by atoms with Gasteiger partial charge in [-0.1, -0.05) is 37.3 Å². The summed E-state index contributed by atoms with van der Waals surface area (Å²) >= 11 is 0. The summed E-state index contributed by atoms with van der Waals surface area (Å²) < 4.78 is 5.55. The first-order valence-corrected chi connectivity index (χ1v) is 9.28. The van der Waals surface area contributed by atoms with Crippen LogP contribution in [0.15, 0.2) is 30.3 Å². The van der Waals surface area contributed by atoms with Crippen LogP contribution in [0.4, 0.5) is 4.79 Å². The average molecular weight is 341 g/mol. The summed E-state index contributed by atoms with van der Waals surface area (Å²) in [7, 11) is 0. The Morgan fingerprint density at radius 1 is 1.24 bits per heavy atom. The topological polar surface area (TPSA) is 49.8 Å². The summed E-state index contributed by atoms with van der Waals surface area (Å²) in [5, 5.41) is 10.9. The van der Waals surface area contributed by atoms with E-state index in [-0.39, 0.29) is 18.2 Å². The van der Waals surface area contributed by atoms with Crippen molar-refractivity contribution >= 4 is 6.09 Å². The molecule has 4 heteroatoms. The Balaban J connectivity index is 1.63. The second kappa shape index (κ2) is 7.93. The largest absolute Gasteiger partial charge is 0.445 e. The predicted octanol–water partition coefficient (Wildman–Crippen LogP) is 3.87. The fourth-order valence-corrected chi connectivity index (χ4v) is 4.12. The summed E-state index contributed by atoms with van der Waals surface area (Å²) in [5.41, 5.74) is 0.220. The third kappa shape index (κ3) is 4.35. The Morgan fingerprint density at radius 3 is 2.56 bits per heavy atom. The number of aliphatic hydroxyl groups is 1. The number of benzene rings is 1. The Hall–Kier alpha value is -1.99. The van der Waals surface area contributed by atoms with Gasteiger partial charge in [0.1, 0.15) is 6.61 Å². The summed E-state index contributed by atoms with van der Waals surface area (Å²) in [6.45, 7) is 2.30. The highest BCUT2D eigenvalue weighted by atomic mass is 16.6. The molecule has 2 atom stereocenters. The second-order valence-electron chi connectivity index (χ2n) is 7.20. The van der Waals surface area contributed by atoms with E-state index in [4.69, 9.17) is 4.74 Å². The van der Waals surface area contributed by atoms with Gasteiger partial charge in [-0.05, 0) is 37.7 Å². The van der Waals surface area contributed by atoms with Crippen LogP contribution in [-0.4, -0.2) is 33.8 Å². The van der Waals surface area contributed by atoms with Gasteiger partial charge in [0, 0.05) is 24.9 Å². The molecule has 2 saturated heterocycles. The van der Waals surface area contributed by atoms with Crippen molar-refractivity contribution in [2.75, 3.05) is 0 Å². The van der Waals surface area contributed by atoms with Gasteiger partial charge in [-0.2, -0.15) is 0 Å². The van der Waals surface area contributed by atoms with Gasteiger partial charge >= 0.3 is 6.09 Å². The number of hydrogen-bond donors (Lipinski definition) is 1. The lowest BCUT2D eigenvalue weighted by Gasteiger charge is -2.50. The standard InChI is InChI=1S/C21H27NO3/c1-2-3-7-13-21(24)14-18-11-8-12-19(15-21)22(18)20(23)25-16-17-9-5-4-6-10-17/h4-6,9-10,18-19,24H,2,8,11-16H2,1H3. The molecule has 0 radical (unpaired) electrons. The van der Waals surface area contributed by atoms with Gasteiger partial charge in [0.05, 0.1) is 5.60 Å². The SMILES string of the molecule is CCC#CCC1(O)CC2CCCC(C1)N2C(=O)OCc1ccccc1. The van der Waals surface area contributed by atoms with Gasteiger partial charge in [0.15, 0.2) is 0 Å². The fraction of sp³-hybridized carbons (Fsp3) is 0.571. The predicted molar refractivity (Wildman–Crippen MR) is 96.8 cm³/mol. The number of nitrogens with zero attached hydrogens (tertiary/aromatic N) is 1. The van der Waals surface area contributed by atoms with E-state index >= 15 is 0 Å². The van der Waals surface area contributed by atoms with Gasteiger partial charge in [0.25, 0.3) is 0 Å². The molecule has 134 valence electrons. The number of amides is 1. The third-order valence-corrected chi connectivity index (χ3v) is 5.23. The number of hydrogen-bond acceptors (Lipinski definition) is 3. The molecule has 3 rings (SSSR count). The van der Waals surface area contributed by atoms with E-state index in [0.29, 0.717) is 25.9 Å². The van der Waals surface area contributed by atoms with Crippen LogP contribution in [-0.2, 0) is 11.3 Å². The van der Waals surface area contributed by atoms with Crippen molar-refractivity contribution in [2.45, 2.75) is 76.2 Å². The van der Waals surface area contributed by atoms with Crippen LogP contribution in [0.3, 0.4) is 0 Å². The van der Waals surface area contributed by atoms with Crippen LogP contribution < -0.4 is 0 Å². The Labute approximate surface area is 150 Å². The molecule has 0 saturated carbocycles. The van der Waals surface area contributed by atoms with Crippen molar-refractivity contribution in [3.8, 4) is 11.8 Å². The zero-order valence-corrected chi connectivity index (χ0v) is 14.9. The first-order chi connectivity index (χ1) is 12.1. The van der Waals surface area contributed by atoms with Crippen LogP contribution in [0.1, 0.15) is 57.4 Å². The maximum Gasteiger partial charge on any atom is 0.410 e. The van der Waals surface area contributed by atoms with Crippen molar-refractivity contribution in [1.29, 1.82) is 0 Å². The molecule has 0 aromatic heterocycles. The molecule has 4 nitrogen and oxygen atoms in total.